The summed E-state index contributed by atoms with van der Waals surface area (Å²) < 4.78 is 10.3. The number of nitrogen functional groups attached to an aromatic ring is 1. The van der Waals surface area contributed by atoms with E-state index in [2.05, 4.69) is 0 Å². The molecule has 0 heterocycles. The molecule has 0 amide bonds. The number of nitrogens with two attached hydrogens (primary N) is 1. The molecular weight excluding hydrogens is 534 g/mol. The molecule has 1 aliphatic carbocycles. The van der Waals surface area contributed by atoms with Gasteiger partial charge in [-0.3, -0.25) is 4.79 Å². The minimum absolute atomic E-state index is 0. The van der Waals surface area contributed by atoms with Gasteiger partial charge in [-0.25, -0.2) is 0 Å². The fraction of sp³-hybridized carbons (Fsp3) is 0.364. The number of benzene rings is 1. The van der Waals surface area contributed by atoms with Crippen molar-refractivity contribution in [2.45, 2.75) is 12.8 Å². The predicted octanol–water partition coefficient (Wildman–Crippen LogP) is -0.0400. The number of carbonyl (C=O) groups excluding carboxylic acids is 1. The Bertz CT molecular complexity index is 449. The van der Waals surface area contributed by atoms with Gasteiger partial charge in [0.25, 0.3) is 0 Å². The summed E-state index contributed by atoms with van der Waals surface area (Å²) in [6, 6.07) is 1.71. The van der Waals surface area contributed by atoms with Crippen LogP contribution < -0.4 is 15.2 Å². The Kier molecular flexibility index (Phi) is 22.1. The normalized spacial score (nSPS) is 9.90. The quantitative estimate of drug-likeness (QED) is 0.406. The average molecular weight is 555 g/mol. The molecule has 0 aliphatic heterocycles. The molecule has 2 rings (SSSR count). The zero-order valence-electron chi connectivity index (χ0n) is 11.7. The monoisotopic (exact) mass is 556 g/mol. The van der Waals surface area contributed by atoms with Crippen LogP contribution in [0.25, 0.3) is 0 Å². The van der Waals surface area contributed by atoms with E-state index in [4.69, 9.17) is 15.2 Å². The summed E-state index contributed by atoms with van der Waals surface area (Å²) in [4.78, 5) is 11.5. The molecule has 5 N–H and O–H groups in total. The van der Waals surface area contributed by atoms with Crippen LogP contribution in [-0.2, 0) is 6.42 Å². The first-order chi connectivity index (χ1) is 7.19. The predicted molar refractivity (Wildman–Crippen MR) is 91.0 cm³/mol. The number of Topliss-reactive ketones (excluding diaryl/α,β-unsaturated/α-hetero) is 1. The first-order valence-corrected chi connectivity index (χ1v) is 4.75. The van der Waals surface area contributed by atoms with E-state index in [1.165, 1.54) is 14.2 Å². The zero-order valence-corrected chi connectivity index (χ0v) is 19.9. The maximum atomic E-state index is 11.5. The van der Waals surface area contributed by atoms with Crippen LogP contribution in [0.15, 0.2) is 6.07 Å². The van der Waals surface area contributed by atoms with E-state index in [9.17, 15) is 4.79 Å². The Balaban J connectivity index is -0.000000142. The van der Waals surface area contributed by atoms with Crippen molar-refractivity contribution in [1.29, 1.82) is 0 Å². The average Bonchev–Trinajstić information content (AvgIpc) is 2.60. The van der Waals surface area contributed by atoms with Gasteiger partial charge >= 0.3 is 47.8 Å². The summed E-state index contributed by atoms with van der Waals surface area (Å²) in [6.45, 7) is 0. The number of carbonyl (C=O) groups is 1. The summed E-state index contributed by atoms with van der Waals surface area (Å²) >= 11 is 0. The number of anilines is 1. The van der Waals surface area contributed by atoms with Crippen LogP contribution in [0.3, 0.4) is 0 Å². The van der Waals surface area contributed by atoms with Gasteiger partial charge < -0.3 is 26.2 Å². The SMILES string of the molecule is COc1cc2c(c(N)c1OC)CCC2=O.Cl.Cl.O.[OH-].[SnH].[SnH]. The van der Waals surface area contributed by atoms with Gasteiger partial charge in [0.2, 0.25) is 0 Å². The molecule has 1 aromatic carbocycles. The van der Waals surface area contributed by atoms with Gasteiger partial charge in [0, 0.05) is 12.0 Å². The van der Waals surface area contributed by atoms with Gasteiger partial charge in [0.1, 0.15) is 0 Å². The van der Waals surface area contributed by atoms with Crippen LogP contribution in [0.1, 0.15) is 22.3 Å². The van der Waals surface area contributed by atoms with E-state index < -0.39 is 0 Å². The first-order valence-electron chi connectivity index (χ1n) is 4.75. The van der Waals surface area contributed by atoms with Crippen molar-refractivity contribution < 1.29 is 25.2 Å². The topological polar surface area (TPSA) is 123 Å². The van der Waals surface area contributed by atoms with Gasteiger partial charge in [-0.1, -0.05) is 0 Å². The van der Waals surface area contributed by atoms with Crippen molar-refractivity contribution in [2.75, 3.05) is 20.0 Å². The molecule has 0 atom stereocenters. The Morgan fingerprint density at radius 1 is 1.10 bits per heavy atom. The van der Waals surface area contributed by atoms with E-state index in [0.29, 0.717) is 35.6 Å². The van der Waals surface area contributed by atoms with Crippen molar-refractivity contribution in [1.82, 2.24) is 0 Å². The third kappa shape index (κ3) is 6.18. The van der Waals surface area contributed by atoms with Crippen molar-refractivity contribution in [3.63, 3.8) is 0 Å². The summed E-state index contributed by atoms with van der Waals surface area (Å²) in [5.41, 5.74) is 8.01. The number of methoxy groups -OCH3 is 2. The number of ether oxygens (including phenoxy) is 2. The van der Waals surface area contributed by atoms with Crippen molar-refractivity contribution in [3.8, 4) is 11.5 Å². The Labute approximate surface area is 169 Å². The Morgan fingerprint density at radius 2 is 1.62 bits per heavy atom. The first kappa shape index (κ1) is 33.1. The standard InChI is InChI=1S/C11H13NO3.2ClH.2H2O.2Sn.2H/c1-14-9-5-7-6(3-4-8(7)13)10(12)11(9)15-2;;;;;;;;/h5H,3-4,12H2,1-2H3;2*1H;2*1H2;;;;/p-1. The van der Waals surface area contributed by atoms with E-state index in [-0.39, 0.29) is 89.4 Å². The van der Waals surface area contributed by atoms with Crippen LogP contribution in [0, 0.1) is 0 Å². The molecule has 0 fully saturated rings. The number of hydrogen-bond donors (Lipinski definition) is 1. The number of ketones is 1. The molecule has 6 nitrogen and oxygen atoms in total. The molecule has 10 heteroatoms. The van der Waals surface area contributed by atoms with Gasteiger partial charge in [-0.15, -0.1) is 24.8 Å². The minimum atomic E-state index is 0. The van der Waals surface area contributed by atoms with Crippen molar-refractivity contribution in [3.05, 3.63) is 17.2 Å². The van der Waals surface area contributed by atoms with E-state index in [1.54, 1.807) is 6.07 Å². The molecule has 0 unspecified atom stereocenters. The van der Waals surface area contributed by atoms with Crippen LogP contribution in [0.5, 0.6) is 11.5 Å². The summed E-state index contributed by atoms with van der Waals surface area (Å²) in [5, 5.41) is 0. The number of rotatable bonds is 2. The molecule has 1 aromatic rings. The summed E-state index contributed by atoms with van der Waals surface area (Å²) in [6.07, 6.45) is 1.22. The molecule has 0 spiro atoms. The van der Waals surface area contributed by atoms with Gasteiger partial charge in [-0.2, -0.15) is 0 Å². The Morgan fingerprint density at radius 3 is 2.05 bits per heavy atom. The molecule has 6 radical (unpaired) electrons. The third-order valence-electron chi connectivity index (χ3n) is 2.72. The number of fused-ring (bicyclic) bond motifs is 1. The third-order valence-corrected chi connectivity index (χ3v) is 2.72. The molecule has 0 saturated heterocycles. The summed E-state index contributed by atoms with van der Waals surface area (Å²) in [5.74, 6) is 1.16. The van der Waals surface area contributed by atoms with Crippen LogP contribution in [0.4, 0.5) is 5.69 Å². The molecule has 0 aromatic heterocycles. The van der Waals surface area contributed by atoms with Crippen LogP contribution in [0.2, 0.25) is 0 Å². The van der Waals surface area contributed by atoms with Gasteiger partial charge in [-0.05, 0) is 18.1 Å². The molecular formula is C11H20Cl2NO5Sn2-. The number of halogens is 2. The van der Waals surface area contributed by atoms with Crippen LogP contribution >= 0.6 is 24.8 Å². The van der Waals surface area contributed by atoms with Gasteiger partial charge in [0.05, 0.1) is 19.9 Å². The Hall–Kier alpha value is 0.387. The van der Waals surface area contributed by atoms with Crippen molar-refractivity contribution in [2.24, 2.45) is 0 Å². The second-order valence-corrected chi connectivity index (χ2v) is 3.48. The second kappa shape index (κ2) is 14.0. The van der Waals surface area contributed by atoms with E-state index in [0.717, 1.165) is 5.56 Å². The fourth-order valence-electron chi connectivity index (χ4n) is 1.95. The summed E-state index contributed by atoms with van der Waals surface area (Å²) in [7, 11) is 3.07. The van der Waals surface area contributed by atoms with Crippen LogP contribution in [-0.4, -0.2) is 78.8 Å². The molecule has 122 valence electrons. The molecule has 0 bridgehead atoms. The zero-order chi connectivity index (χ0) is 11.0. The van der Waals surface area contributed by atoms with E-state index >= 15 is 0 Å². The second-order valence-electron chi connectivity index (χ2n) is 3.48. The fourth-order valence-corrected chi connectivity index (χ4v) is 1.95. The number of hydrogen-bond acceptors (Lipinski definition) is 5. The molecule has 1 aliphatic rings. The maximum absolute atomic E-state index is 11.5. The van der Waals surface area contributed by atoms with Crippen molar-refractivity contribution >= 4 is 84.1 Å². The van der Waals surface area contributed by atoms with E-state index in [1.807, 2.05) is 0 Å². The van der Waals surface area contributed by atoms with Gasteiger partial charge in [0.15, 0.2) is 17.3 Å². The molecule has 0 saturated carbocycles. The molecule has 21 heavy (non-hydrogen) atoms.